The van der Waals surface area contributed by atoms with E-state index in [1.807, 2.05) is 31.2 Å². The molecule has 0 saturated carbocycles. The summed E-state index contributed by atoms with van der Waals surface area (Å²) in [6, 6.07) is 7.24. The third-order valence-corrected chi connectivity index (χ3v) is 3.40. The van der Waals surface area contributed by atoms with Crippen molar-refractivity contribution in [2.24, 2.45) is 0 Å². The molecule has 1 fully saturated rings. The monoisotopic (exact) mass is 264 g/mol. The Balaban J connectivity index is 1.92. The van der Waals surface area contributed by atoms with E-state index >= 15 is 0 Å². The molecule has 0 radical (unpaired) electrons. The maximum Gasteiger partial charge on any atom is 0.237 e. The number of aliphatic hydroxyl groups excluding tert-OH is 1. The number of ether oxygens (including phenoxy) is 1. The summed E-state index contributed by atoms with van der Waals surface area (Å²) in [6.45, 7) is 2.42. The highest BCUT2D eigenvalue weighted by Gasteiger charge is 2.28. The van der Waals surface area contributed by atoms with Gasteiger partial charge in [0.15, 0.2) is 0 Å². The predicted octanol–water partition coefficient (Wildman–Crippen LogP) is 0.595. The van der Waals surface area contributed by atoms with Gasteiger partial charge in [-0.25, -0.2) is 0 Å². The van der Waals surface area contributed by atoms with Gasteiger partial charge in [0, 0.05) is 6.54 Å². The van der Waals surface area contributed by atoms with Crippen LogP contribution in [0.15, 0.2) is 24.3 Å². The molecule has 19 heavy (non-hydrogen) atoms. The quantitative estimate of drug-likeness (QED) is 0.744. The molecule has 1 aliphatic rings. The second-order valence-corrected chi connectivity index (χ2v) is 4.85. The van der Waals surface area contributed by atoms with E-state index < -0.39 is 6.10 Å². The Hall–Kier alpha value is -1.59. The van der Waals surface area contributed by atoms with Crippen LogP contribution in [0.5, 0.6) is 5.75 Å². The van der Waals surface area contributed by atoms with Crippen molar-refractivity contribution in [2.75, 3.05) is 13.7 Å². The van der Waals surface area contributed by atoms with Crippen molar-refractivity contribution in [2.45, 2.75) is 31.5 Å². The summed E-state index contributed by atoms with van der Waals surface area (Å²) in [6.07, 6.45) is 0.0493. The van der Waals surface area contributed by atoms with Crippen molar-refractivity contribution in [1.82, 2.24) is 10.6 Å². The Kier molecular flexibility index (Phi) is 4.39. The van der Waals surface area contributed by atoms with Crippen molar-refractivity contribution in [1.29, 1.82) is 0 Å². The van der Waals surface area contributed by atoms with Crippen molar-refractivity contribution in [3.05, 3.63) is 29.8 Å². The topological polar surface area (TPSA) is 70.6 Å². The first-order valence-corrected chi connectivity index (χ1v) is 6.46. The van der Waals surface area contributed by atoms with Crippen LogP contribution in [0.4, 0.5) is 0 Å². The molecule has 1 aromatic rings. The molecule has 5 nitrogen and oxygen atoms in total. The number of nitrogens with one attached hydrogen (secondary N) is 2. The number of amides is 1. The number of benzene rings is 1. The molecule has 1 aliphatic heterocycles. The predicted molar refractivity (Wildman–Crippen MR) is 72.0 cm³/mol. The first-order valence-electron chi connectivity index (χ1n) is 6.46. The van der Waals surface area contributed by atoms with Crippen molar-refractivity contribution < 1.29 is 14.6 Å². The number of methoxy groups -OCH3 is 1. The van der Waals surface area contributed by atoms with Crippen LogP contribution in [0, 0.1) is 0 Å². The van der Waals surface area contributed by atoms with E-state index in [4.69, 9.17) is 4.74 Å². The summed E-state index contributed by atoms with van der Waals surface area (Å²) in [5.74, 6) is 0.725. The van der Waals surface area contributed by atoms with Crippen molar-refractivity contribution in [3.63, 3.8) is 0 Å². The molecule has 5 heteroatoms. The van der Waals surface area contributed by atoms with Gasteiger partial charge < -0.3 is 20.5 Å². The normalized spacial score (nSPS) is 23.9. The lowest BCUT2D eigenvalue weighted by molar-refractivity contribution is -0.123. The fraction of sp³-hybridized carbons (Fsp3) is 0.500. The zero-order valence-electron chi connectivity index (χ0n) is 11.2. The summed E-state index contributed by atoms with van der Waals surface area (Å²) in [5, 5.41) is 15.3. The number of carbonyl (C=O) groups excluding carboxylic acids is 1. The van der Waals surface area contributed by atoms with Gasteiger partial charge in [0.1, 0.15) is 5.75 Å². The van der Waals surface area contributed by atoms with E-state index in [0.717, 1.165) is 11.3 Å². The second-order valence-electron chi connectivity index (χ2n) is 4.85. The van der Waals surface area contributed by atoms with Crippen LogP contribution in [0.3, 0.4) is 0 Å². The average molecular weight is 264 g/mol. The van der Waals surface area contributed by atoms with E-state index in [9.17, 15) is 9.90 Å². The summed E-state index contributed by atoms with van der Waals surface area (Å²) >= 11 is 0. The molecule has 1 amide bonds. The number of rotatable bonds is 4. The van der Waals surface area contributed by atoms with Gasteiger partial charge in [0.25, 0.3) is 0 Å². The van der Waals surface area contributed by atoms with Crippen LogP contribution in [-0.4, -0.2) is 36.8 Å². The van der Waals surface area contributed by atoms with Gasteiger partial charge in [-0.3, -0.25) is 4.79 Å². The van der Waals surface area contributed by atoms with Gasteiger partial charge in [0.2, 0.25) is 5.91 Å². The maximum atomic E-state index is 12.0. The summed E-state index contributed by atoms with van der Waals surface area (Å²) in [4.78, 5) is 12.0. The fourth-order valence-electron chi connectivity index (χ4n) is 2.21. The Morgan fingerprint density at radius 1 is 1.47 bits per heavy atom. The first kappa shape index (κ1) is 13.8. The molecule has 1 aromatic carbocycles. The zero-order valence-corrected chi connectivity index (χ0v) is 11.2. The maximum absolute atomic E-state index is 12.0. The molecule has 3 atom stereocenters. The molecule has 0 spiro atoms. The lowest BCUT2D eigenvalue weighted by Gasteiger charge is -2.17. The van der Waals surface area contributed by atoms with E-state index in [2.05, 4.69) is 10.6 Å². The molecular weight excluding hydrogens is 244 g/mol. The Morgan fingerprint density at radius 3 is 2.68 bits per heavy atom. The van der Waals surface area contributed by atoms with Crippen LogP contribution in [0.25, 0.3) is 0 Å². The van der Waals surface area contributed by atoms with Crippen molar-refractivity contribution >= 4 is 5.91 Å². The van der Waals surface area contributed by atoms with Crippen LogP contribution < -0.4 is 15.4 Å². The molecule has 104 valence electrons. The van der Waals surface area contributed by atoms with Crippen LogP contribution >= 0.6 is 0 Å². The van der Waals surface area contributed by atoms with E-state index in [-0.39, 0.29) is 18.0 Å². The number of carbonyl (C=O) groups is 1. The largest absolute Gasteiger partial charge is 0.497 e. The third kappa shape index (κ3) is 3.45. The third-order valence-electron chi connectivity index (χ3n) is 3.40. The number of hydrogen-bond acceptors (Lipinski definition) is 4. The van der Waals surface area contributed by atoms with Crippen LogP contribution in [-0.2, 0) is 4.79 Å². The fourth-order valence-corrected chi connectivity index (χ4v) is 2.21. The highest BCUT2D eigenvalue weighted by atomic mass is 16.5. The number of β-amino-alcohol motifs (C(OH)–C–C–N with tert-alkyl or cyclic N) is 1. The minimum absolute atomic E-state index is 0.0696. The molecule has 2 unspecified atom stereocenters. The average Bonchev–Trinajstić information content (AvgIpc) is 2.85. The van der Waals surface area contributed by atoms with Gasteiger partial charge in [-0.1, -0.05) is 12.1 Å². The van der Waals surface area contributed by atoms with Gasteiger partial charge >= 0.3 is 0 Å². The molecule has 2 rings (SSSR count). The molecule has 3 N–H and O–H groups in total. The highest BCUT2D eigenvalue weighted by Crippen LogP contribution is 2.17. The Labute approximate surface area is 113 Å². The van der Waals surface area contributed by atoms with Gasteiger partial charge in [-0.2, -0.15) is 0 Å². The minimum atomic E-state index is -0.424. The first-order chi connectivity index (χ1) is 9.10. The lowest BCUT2D eigenvalue weighted by atomic mass is 10.1. The van der Waals surface area contributed by atoms with Crippen LogP contribution in [0.1, 0.15) is 24.9 Å². The van der Waals surface area contributed by atoms with E-state index in [1.54, 1.807) is 7.11 Å². The van der Waals surface area contributed by atoms with Gasteiger partial charge in [0.05, 0.1) is 25.3 Å². The summed E-state index contributed by atoms with van der Waals surface area (Å²) < 4.78 is 5.10. The standard InChI is InChI=1S/C14H20N2O3/c1-9(10-3-5-12(19-2)6-4-10)16-14(18)13-7-11(17)8-15-13/h3-6,9,11,13,15,17H,7-8H2,1-2H3,(H,16,18)/t9-,11?,13?/m0/s1. The molecule has 0 aromatic heterocycles. The van der Waals surface area contributed by atoms with Gasteiger partial charge in [-0.15, -0.1) is 0 Å². The smallest absolute Gasteiger partial charge is 0.237 e. The van der Waals surface area contributed by atoms with E-state index in [1.165, 1.54) is 0 Å². The molecule has 1 heterocycles. The molecule has 0 bridgehead atoms. The number of hydrogen-bond donors (Lipinski definition) is 3. The summed E-state index contributed by atoms with van der Waals surface area (Å²) in [7, 11) is 1.62. The molecular formula is C14H20N2O3. The molecule has 1 saturated heterocycles. The van der Waals surface area contributed by atoms with E-state index in [0.29, 0.717) is 13.0 Å². The Bertz CT molecular complexity index is 433. The molecule has 0 aliphatic carbocycles. The SMILES string of the molecule is COc1ccc([C@H](C)NC(=O)C2CC(O)CN2)cc1. The van der Waals surface area contributed by atoms with Crippen molar-refractivity contribution in [3.8, 4) is 5.75 Å². The lowest BCUT2D eigenvalue weighted by Crippen LogP contribution is -2.41. The number of aliphatic hydroxyl groups is 1. The highest BCUT2D eigenvalue weighted by molar-refractivity contribution is 5.82. The second kappa shape index (κ2) is 6.04. The van der Waals surface area contributed by atoms with Crippen LogP contribution in [0.2, 0.25) is 0 Å². The minimum Gasteiger partial charge on any atom is -0.497 e. The summed E-state index contributed by atoms with van der Waals surface area (Å²) in [5.41, 5.74) is 1.02. The van der Waals surface area contributed by atoms with Gasteiger partial charge in [-0.05, 0) is 31.0 Å². The Morgan fingerprint density at radius 2 is 2.16 bits per heavy atom. The zero-order chi connectivity index (χ0) is 13.8.